The molecule has 1 atom stereocenters. The first kappa shape index (κ1) is 22.6. The third kappa shape index (κ3) is 4.48. The molecule has 1 N–H and O–H groups in total. The molecule has 1 aliphatic rings. The normalized spacial score (nSPS) is 17.4. The first-order chi connectivity index (χ1) is 15.3. The predicted octanol–water partition coefficient (Wildman–Crippen LogP) is 4.02. The minimum atomic E-state index is -3.72. The zero-order chi connectivity index (χ0) is 22.9. The summed E-state index contributed by atoms with van der Waals surface area (Å²) in [6.45, 7) is 6.35. The standard InChI is InChI=1S/C22H26N4O4S2/c1-4-18-23-21(25-30-18)17-11-19(31-13-17)32(28,29)26-10-6-9-16(12-26)22(27)24-20-14(2)7-5-8-15(20)3/h5,7-8,11,13,16H,4,6,9-10,12H2,1-3H3,(H,24,27). The highest BCUT2D eigenvalue weighted by Gasteiger charge is 2.34. The van der Waals surface area contributed by atoms with Gasteiger partial charge in [0.25, 0.3) is 10.0 Å². The van der Waals surface area contributed by atoms with E-state index in [0.29, 0.717) is 43.1 Å². The smallest absolute Gasteiger partial charge is 0.252 e. The fourth-order valence-corrected chi connectivity index (χ4v) is 6.66. The van der Waals surface area contributed by atoms with Gasteiger partial charge in [0.05, 0.1) is 5.92 Å². The number of hydrogen-bond acceptors (Lipinski definition) is 7. The van der Waals surface area contributed by atoms with E-state index in [9.17, 15) is 13.2 Å². The van der Waals surface area contributed by atoms with E-state index in [-0.39, 0.29) is 16.7 Å². The number of amides is 1. The zero-order valence-corrected chi connectivity index (χ0v) is 19.9. The number of carbonyl (C=O) groups is 1. The van der Waals surface area contributed by atoms with Crippen molar-refractivity contribution in [2.75, 3.05) is 18.4 Å². The van der Waals surface area contributed by atoms with Crippen LogP contribution in [0.25, 0.3) is 11.4 Å². The van der Waals surface area contributed by atoms with Crippen LogP contribution in [0.3, 0.4) is 0 Å². The molecule has 1 saturated heterocycles. The molecule has 3 aromatic rings. The third-order valence-corrected chi connectivity index (χ3v) is 8.96. The summed E-state index contributed by atoms with van der Waals surface area (Å²) in [5.41, 5.74) is 3.38. The van der Waals surface area contributed by atoms with E-state index >= 15 is 0 Å². The Labute approximate surface area is 191 Å². The summed E-state index contributed by atoms with van der Waals surface area (Å²) >= 11 is 1.13. The number of para-hydroxylation sites is 1. The van der Waals surface area contributed by atoms with E-state index in [4.69, 9.17) is 4.52 Å². The zero-order valence-electron chi connectivity index (χ0n) is 18.3. The van der Waals surface area contributed by atoms with Gasteiger partial charge >= 0.3 is 0 Å². The van der Waals surface area contributed by atoms with Crippen molar-refractivity contribution in [1.82, 2.24) is 14.4 Å². The molecule has 3 heterocycles. The second kappa shape index (κ2) is 9.13. The summed E-state index contributed by atoms with van der Waals surface area (Å²) in [6.07, 6.45) is 1.90. The summed E-state index contributed by atoms with van der Waals surface area (Å²) in [7, 11) is -3.72. The molecule has 0 aliphatic carbocycles. The maximum Gasteiger partial charge on any atom is 0.252 e. The van der Waals surface area contributed by atoms with Gasteiger partial charge in [-0.05, 0) is 43.9 Å². The van der Waals surface area contributed by atoms with Crippen LogP contribution in [0.5, 0.6) is 0 Å². The number of aromatic nitrogens is 2. The van der Waals surface area contributed by atoms with Crippen molar-refractivity contribution in [1.29, 1.82) is 0 Å². The van der Waals surface area contributed by atoms with Crippen molar-refractivity contribution >= 4 is 33.0 Å². The quantitative estimate of drug-likeness (QED) is 0.579. The van der Waals surface area contributed by atoms with Gasteiger partial charge in [0.1, 0.15) is 4.21 Å². The number of rotatable bonds is 6. The summed E-state index contributed by atoms with van der Waals surface area (Å²) < 4.78 is 33.3. The average Bonchev–Trinajstić information content (AvgIpc) is 3.46. The van der Waals surface area contributed by atoms with Gasteiger partial charge in [0.15, 0.2) is 0 Å². The number of piperidine rings is 1. The van der Waals surface area contributed by atoms with Crippen LogP contribution in [0.1, 0.15) is 36.8 Å². The first-order valence-corrected chi connectivity index (χ1v) is 12.9. The highest BCUT2D eigenvalue weighted by molar-refractivity contribution is 7.91. The molecule has 2 aromatic heterocycles. The first-order valence-electron chi connectivity index (χ1n) is 10.6. The number of nitrogens with zero attached hydrogens (tertiary/aromatic N) is 3. The van der Waals surface area contributed by atoms with E-state index in [1.807, 2.05) is 39.0 Å². The van der Waals surface area contributed by atoms with Gasteiger partial charge < -0.3 is 9.84 Å². The van der Waals surface area contributed by atoms with E-state index in [1.54, 1.807) is 11.4 Å². The van der Waals surface area contributed by atoms with Crippen molar-refractivity contribution in [2.24, 2.45) is 5.92 Å². The Morgan fingerprint density at radius 2 is 2.06 bits per heavy atom. The number of sulfonamides is 1. The van der Waals surface area contributed by atoms with Gasteiger partial charge in [0.2, 0.25) is 17.6 Å². The second-order valence-corrected chi connectivity index (χ2v) is 11.1. The van der Waals surface area contributed by atoms with Crippen LogP contribution >= 0.6 is 11.3 Å². The summed E-state index contributed by atoms with van der Waals surface area (Å²) in [4.78, 5) is 17.2. The van der Waals surface area contributed by atoms with Gasteiger partial charge in [-0.1, -0.05) is 30.3 Å². The van der Waals surface area contributed by atoms with Gasteiger partial charge in [-0.2, -0.15) is 9.29 Å². The minimum Gasteiger partial charge on any atom is -0.339 e. The number of anilines is 1. The Kier molecular flexibility index (Phi) is 6.45. The van der Waals surface area contributed by atoms with Crippen molar-refractivity contribution < 1.29 is 17.7 Å². The molecular weight excluding hydrogens is 448 g/mol. The SMILES string of the molecule is CCc1nc(-c2csc(S(=O)(=O)N3CCCC(C(=O)Nc4c(C)cccc4C)C3)c2)no1. The highest BCUT2D eigenvalue weighted by atomic mass is 32.2. The molecule has 0 radical (unpaired) electrons. The maximum atomic E-state index is 13.3. The predicted molar refractivity (Wildman–Crippen MR) is 123 cm³/mol. The van der Waals surface area contributed by atoms with Gasteiger partial charge in [-0.3, -0.25) is 4.79 Å². The molecule has 1 unspecified atom stereocenters. The van der Waals surface area contributed by atoms with Crippen molar-refractivity contribution in [3.05, 3.63) is 46.7 Å². The molecule has 8 nitrogen and oxygen atoms in total. The van der Waals surface area contributed by atoms with E-state index in [1.165, 1.54) is 4.31 Å². The molecule has 10 heteroatoms. The number of benzene rings is 1. The molecule has 0 saturated carbocycles. The topological polar surface area (TPSA) is 105 Å². The third-order valence-electron chi connectivity index (χ3n) is 5.68. The van der Waals surface area contributed by atoms with Crippen LogP contribution in [-0.2, 0) is 21.2 Å². The summed E-state index contributed by atoms with van der Waals surface area (Å²) in [6, 6.07) is 7.41. The average molecular weight is 475 g/mol. The molecule has 4 rings (SSSR count). The molecule has 32 heavy (non-hydrogen) atoms. The van der Waals surface area contributed by atoms with E-state index < -0.39 is 15.9 Å². The number of nitrogens with one attached hydrogen (secondary N) is 1. The number of carbonyl (C=O) groups excluding carboxylic acids is 1. The monoisotopic (exact) mass is 474 g/mol. The fourth-order valence-electron chi connectivity index (χ4n) is 3.82. The largest absolute Gasteiger partial charge is 0.339 e. The Morgan fingerprint density at radius 3 is 2.75 bits per heavy atom. The maximum absolute atomic E-state index is 13.3. The molecular formula is C22H26N4O4S2. The Bertz CT molecular complexity index is 1210. The fraction of sp³-hybridized carbons (Fsp3) is 0.409. The summed E-state index contributed by atoms with van der Waals surface area (Å²) in [5, 5.41) is 8.64. The van der Waals surface area contributed by atoms with Crippen LogP contribution in [0, 0.1) is 19.8 Å². The number of hydrogen-bond donors (Lipinski definition) is 1. The number of aryl methyl sites for hydroxylation is 3. The van der Waals surface area contributed by atoms with Crippen LogP contribution in [0.2, 0.25) is 0 Å². The van der Waals surface area contributed by atoms with Crippen LogP contribution in [-0.4, -0.2) is 41.9 Å². The van der Waals surface area contributed by atoms with Crippen LogP contribution in [0.4, 0.5) is 5.69 Å². The minimum absolute atomic E-state index is 0.145. The highest BCUT2D eigenvalue weighted by Crippen LogP contribution is 2.32. The summed E-state index contributed by atoms with van der Waals surface area (Å²) in [5.74, 6) is 0.336. The Balaban J connectivity index is 1.49. The molecule has 0 bridgehead atoms. The van der Waals surface area contributed by atoms with Crippen molar-refractivity contribution in [3.8, 4) is 11.4 Å². The molecule has 1 aliphatic heterocycles. The molecule has 1 aromatic carbocycles. The molecule has 170 valence electrons. The van der Waals surface area contributed by atoms with Gasteiger partial charge in [0, 0.05) is 36.1 Å². The lowest BCUT2D eigenvalue weighted by Crippen LogP contribution is -2.43. The second-order valence-electron chi connectivity index (χ2n) is 7.98. The van der Waals surface area contributed by atoms with Crippen LogP contribution < -0.4 is 5.32 Å². The van der Waals surface area contributed by atoms with Gasteiger partial charge in [-0.25, -0.2) is 8.42 Å². The Hall–Kier alpha value is -2.56. The van der Waals surface area contributed by atoms with Crippen molar-refractivity contribution in [3.63, 3.8) is 0 Å². The molecule has 1 fully saturated rings. The van der Waals surface area contributed by atoms with E-state index in [2.05, 4.69) is 15.5 Å². The Morgan fingerprint density at radius 1 is 1.31 bits per heavy atom. The lowest BCUT2D eigenvalue weighted by molar-refractivity contribution is -0.120. The lowest BCUT2D eigenvalue weighted by atomic mass is 9.98. The van der Waals surface area contributed by atoms with Crippen molar-refractivity contribution in [2.45, 2.75) is 44.2 Å². The van der Waals surface area contributed by atoms with Crippen LogP contribution in [0.15, 0.2) is 38.4 Å². The molecule has 1 amide bonds. The van der Waals surface area contributed by atoms with E-state index in [0.717, 1.165) is 28.2 Å². The number of thiophene rings is 1. The molecule has 0 spiro atoms. The van der Waals surface area contributed by atoms with Gasteiger partial charge in [-0.15, -0.1) is 11.3 Å². The lowest BCUT2D eigenvalue weighted by Gasteiger charge is -2.31.